The zero-order valence-electron chi connectivity index (χ0n) is 11.4. The summed E-state index contributed by atoms with van der Waals surface area (Å²) in [5.74, 6) is 0.0535. The van der Waals surface area contributed by atoms with Crippen LogP contribution >= 0.6 is 0 Å². The highest BCUT2D eigenvalue weighted by Gasteiger charge is 2.33. The molecular weight excluding hydrogens is 228 g/mol. The molecule has 0 aromatic rings. The summed E-state index contributed by atoms with van der Waals surface area (Å²) in [5.41, 5.74) is 0. The predicted molar refractivity (Wildman–Crippen MR) is 71.5 cm³/mol. The quantitative estimate of drug-likeness (QED) is 0.678. The Hall–Kier alpha value is -0.610. The number of fused-ring (bicyclic) bond motifs is 2. The van der Waals surface area contributed by atoms with Crippen LogP contribution in [0.2, 0.25) is 0 Å². The molecule has 1 amide bonds. The van der Waals surface area contributed by atoms with Crippen molar-refractivity contribution in [2.24, 2.45) is 0 Å². The van der Waals surface area contributed by atoms with Crippen molar-refractivity contribution >= 4 is 5.91 Å². The number of amides is 1. The van der Waals surface area contributed by atoms with Crippen LogP contribution in [0, 0.1) is 0 Å². The monoisotopic (exact) mass is 254 g/mol. The molecule has 104 valence electrons. The molecule has 0 saturated carbocycles. The van der Waals surface area contributed by atoms with Gasteiger partial charge in [0.1, 0.15) is 6.61 Å². The smallest absolute Gasteiger partial charge is 0.246 e. The van der Waals surface area contributed by atoms with Crippen molar-refractivity contribution in [3.8, 4) is 0 Å². The van der Waals surface area contributed by atoms with Crippen molar-refractivity contribution in [1.82, 2.24) is 10.6 Å². The largest absolute Gasteiger partial charge is 0.372 e. The molecule has 2 fully saturated rings. The average Bonchev–Trinajstić information content (AvgIpc) is 2.68. The molecule has 2 atom stereocenters. The number of piperidine rings is 1. The summed E-state index contributed by atoms with van der Waals surface area (Å²) < 4.78 is 5.38. The second-order valence-electron chi connectivity index (χ2n) is 5.63. The normalized spacial score (nSPS) is 30.4. The molecule has 4 nitrogen and oxygen atoms in total. The van der Waals surface area contributed by atoms with Crippen LogP contribution < -0.4 is 10.6 Å². The number of hydrogen-bond donors (Lipinski definition) is 2. The maximum Gasteiger partial charge on any atom is 0.246 e. The molecule has 2 bridgehead atoms. The molecule has 0 aromatic carbocycles. The molecule has 4 heteroatoms. The summed E-state index contributed by atoms with van der Waals surface area (Å²) in [5, 5.41) is 6.68. The molecule has 0 radical (unpaired) electrons. The molecule has 2 saturated heterocycles. The van der Waals surface area contributed by atoms with E-state index in [-0.39, 0.29) is 12.5 Å². The summed E-state index contributed by atoms with van der Waals surface area (Å²) in [4.78, 5) is 11.7. The lowest BCUT2D eigenvalue weighted by Crippen LogP contribution is -2.48. The maximum absolute atomic E-state index is 11.7. The highest BCUT2D eigenvalue weighted by Crippen LogP contribution is 2.26. The van der Waals surface area contributed by atoms with Gasteiger partial charge in [-0.3, -0.25) is 4.79 Å². The van der Waals surface area contributed by atoms with Crippen molar-refractivity contribution in [3.63, 3.8) is 0 Å². The third-order valence-electron chi connectivity index (χ3n) is 3.96. The van der Waals surface area contributed by atoms with Crippen LogP contribution in [0.3, 0.4) is 0 Å². The van der Waals surface area contributed by atoms with Crippen molar-refractivity contribution < 1.29 is 9.53 Å². The van der Waals surface area contributed by atoms with E-state index < -0.39 is 0 Å². The Kier molecular flexibility index (Phi) is 5.45. The molecular formula is C14H26N2O2. The summed E-state index contributed by atoms with van der Waals surface area (Å²) >= 11 is 0. The van der Waals surface area contributed by atoms with Crippen molar-refractivity contribution in [3.05, 3.63) is 0 Å². The fourth-order valence-corrected chi connectivity index (χ4v) is 3.06. The summed E-state index contributed by atoms with van der Waals surface area (Å²) in [6, 6.07) is 1.61. The first-order valence-electron chi connectivity index (χ1n) is 7.41. The van der Waals surface area contributed by atoms with Crippen molar-refractivity contribution in [2.45, 2.75) is 70.0 Å². The second-order valence-corrected chi connectivity index (χ2v) is 5.63. The SMILES string of the molecule is CCCCCOCC(=O)NC1CC2CCC(C1)N2. The Labute approximate surface area is 110 Å². The van der Waals surface area contributed by atoms with Gasteiger partial charge in [0.05, 0.1) is 0 Å². The average molecular weight is 254 g/mol. The Morgan fingerprint density at radius 3 is 2.67 bits per heavy atom. The highest BCUT2D eigenvalue weighted by molar-refractivity contribution is 5.77. The number of nitrogens with one attached hydrogen (secondary N) is 2. The fraction of sp³-hybridized carbons (Fsp3) is 0.929. The van der Waals surface area contributed by atoms with Crippen LogP contribution in [0.15, 0.2) is 0 Å². The minimum Gasteiger partial charge on any atom is -0.372 e. The van der Waals surface area contributed by atoms with E-state index >= 15 is 0 Å². The third kappa shape index (κ3) is 4.25. The molecule has 0 spiro atoms. The Balaban J connectivity index is 1.57. The Morgan fingerprint density at radius 1 is 1.28 bits per heavy atom. The Bertz CT molecular complexity index is 259. The highest BCUT2D eigenvalue weighted by atomic mass is 16.5. The van der Waals surface area contributed by atoms with Crippen molar-refractivity contribution in [1.29, 1.82) is 0 Å². The molecule has 0 aliphatic carbocycles. The van der Waals surface area contributed by atoms with Gasteiger partial charge >= 0.3 is 0 Å². The fourth-order valence-electron chi connectivity index (χ4n) is 3.06. The van der Waals surface area contributed by atoms with Gasteiger partial charge in [0.15, 0.2) is 0 Å². The Morgan fingerprint density at radius 2 is 2.00 bits per heavy atom. The third-order valence-corrected chi connectivity index (χ3v) is 3.96. The van der Waals surface area contributed by atoms with Gasteiger partial charge < -0.3 is 15.4 Å². The number of unbranched alkanes of at least 4 members (excludes halogenated alkanes) is 2. The van der Waals surface area contributed by atoms with Gasteiger partial charge in [-0.05, 0) is 32.1 Å². The van der Waals surface area contributed by atoms with Crippen LogP contribution in [0.4, 0.5) is 0 Å². The van der Waals surface area contributed by atoms with Crippen LogP contribution in [-0.4, -0.2) is 37.2 Å². The second kappa shape index (κ2) is 7.10. The standard InChI is InChI=1S/C14H26N2O2/c1-2-3-4-7-18-10-14(17)16-13-8-11-5-6-12(9-13)15-11/h11-13,15H,2-10H2,1H3,(H,16,17). The molecule has 2 aliphatic rings. The number of rotatable bonds is 7. The number of carbonyl (C=O) groups is 1. The van der Waals surface area contributed by atoms with Crippen LogP contribution in [0.1, 0.15) is 51.9 Å². The van der Waals surface area contributed by atoms with Crippen LogP contribution in [0.25, 0.3) is 0 Å². The topological polar surface area (TPSA) is 50.4 Å². The lowest BCUT2D eigenvalue weighted by Gasteiger charge is -2.29. The number of hydrogen-bond acceptors (Lipinski definition) is 3. The van der Waals surface area contributed by atoms with Crippen molar-refractivity contribution in [2.75, 3.05) is 13.2 Å². The lowest BCUT2D eigenvalue weighted by atomic mass is 10.00. The molecule has 2 N–H and O–H groups in total. The van der Waals surface area contributed by atoms with E-state index in [1.54, 1.807) is 0 Å². The van der Waals surface area contributed by atoms with Gasteiger partial charge in [0, 0.05) is 24.7 Å². The molecule has 2 heterocycles. The summed E-state index contributed by atoms with van der Waals surface area (Å²) in [7, 11) is 0. The van der Waals surface area contributed by atoms with E-state index in [4.69, 9.17) is 4.74 Å². The first-order valence-corrected chi connectivity index (χ1v) is 7.41. The van der Waals surface area contributed by atoms with E-state index in [9.17, 15) is 4.79 Å². The minimum absolute atomic E-state index is 0.0535. The molecule has 2 unspecified atom stereocenters. The summed E-state index contributed by atoms with van der Waals surface area (Å²) in [6.45, 7) is 3.10. The van der Waals surface area contributed by atoms with E-state index in [1.165, 1.54) is 25.7 Å². The first-order chi connectivity index (χ1) is 8.78. The number of carbonyl (C=O) groups excluding carboxylic acids is 1. The number of ether oxygens (including phenoxy) is 1. The van der Waals surface area contributed by atoms with Gasteiger partial charge in [-0.1, -0.05) is 19.8 Å². The van der Waals surface area contributed by atoms with Gasteiger partial charge in [-0.15, -0.1) is 0 Å². The lowest BCUT2D eigenvalue weighted by molar-refractivity contribution is -0.126. The van der Waals surface area contributed by atoms with Crippen LogP contribution in [-0.2, 0) is 9.53 Å². The molecule has 2 aliphatic heterocycles. The van der Waals surface area contributed by atoms with E-state index in [0.29, 0.717) is 24.7 Å². The minimum atomic E-state index is 0.0535. The molecule has 18 heavy (non-hydrogen) atoms. The first kappa shape index (κ1) is 13.8. The van der Waals surface area contributed by atoms with Gasteiger partial charge in [-0.25, -0.2) is 0 Å². The molecule has 0 aromatic heterocycles. The van der Waals surface area contributed by atoms with Crippen LogP contribution in [0.5, 0.6) is 0 Å². The van der Waals surface area contributed by atoms with E-state index in [0.717, 1.165) is 19.3 Å². The van der Waals surface area contributed by atoms with E-state index in [2.05, 4.69) is 17.6 Å². The van der Waals surface area contributed by atoms with Gasteiger partial charge in [0.2, 0.25) is 5.91 Å². The summed E-state index contributed by atoms with van der Waals surface area (Å²) in [6.07, 6.45) is 8.12. The zero-order valence-corrected chi connectivity index (χ0v) is 11.4. The molecule has 2 rings (SSSR count). The zero-order chi connectivity index (χ0) is 12.8. The van der Waals surface area contributed by atoms with Gasteiger partial charge in [-0.2, -0.15) is 0 Å². The predicted octanol–water partition coefficient (Wildman–Crippen LogP) is 1.59. The van der Waals surface area contributed by atoms with Gasteiger partial charge in [0.25, 0.3) is 0 Å². The van der Waals surface area contributed by atoms with E-state index in [1.807, 2.05) is 0 Å². The maximum atomic E-state index is 11.7.